The highest BCUT2D eigenvalue weighted by Crippen LogP contribution is 2.35. The summed E-state index contributed by atoms with van der Waals surface area (Å²) >= 11 is 0. The van der Waals surface area contributed by atoms with Gasteiger partial charge in [0, 0.05) is 30.3 Å². The van der Waals surface area contributed by atoms with Crippen molar-refractivity contribution in [3.63, 3.8) is 0 Å². The van der Waals surface area contributed by atoms with Crippen LogP contribution in [0.25, 0.3) is 21.9 Å². The lowest BCUT2D eigenvalue weighted by atomic mass is 9.89. The highest BCUT2D eigenvalue weighted by atomic mass is 16.2. The number of hydrogen-bond donors (Lipinski definition) is 1. The van der Waals surface area contributed by atoms with Crippen LogP contribution in [0.5, 0.6) is 0 Å². The number of nitrogens with one attached hydrogen (secondary N) is 1. The normalized spacial score (nSPS) is 15.3. The molecule has 4 aromatic carbocycles. The van der Waals surface area contributed by atoms with Crippen LogP contribution in [0.3, 0.4) is 0 Å². The average molecular weight is 566 g/mol. The zero-order valence-electron chi connectivity index (χ0n) is 25.0. The Hall–Kier alpha value is -4.72. The Labute approximate surface area is 255 Å². The van der Waals surface area contributed by atoms with Crippen LogP contribution >= 0.6 is 0 Å². The maximum atomic E-state index is 13.1. The molecule has 1 aliphatic heterocycles. The molecule has 1 N–H and O–H groups in total. The summed E-state index contributed by atoms with van der Waals surface area (Å²) in [7, 11) is 0. The molecule has 1 aliphatic rings. The SMILES string of the molecule is C\C=C(/C=C\C=C\CC)C(NC1CCN(C(=O)c2ccccc2)CC1)c1ccc(C#N)c(-c2cccc3ccccc23)c1. The van der Waals surface area contributed by atoms with Crippen LogP contribution in [0.2, 0.25) is 0 Å². The second kappa shape index (κ2) is 14.4. The maximum Gasteiger partial charge on any atom is 0.253 e. The summed E-state index contributed by atoms with van der Waals surface area (Å²) in [5.74, 6) is 0.0993. The molecule has 1 amide bonds. The Morgan fingerprint density at radius 3 is 2.44 bits per heavy atom. The number of rotatable bonds is 9. The molecule has 1 fully saturated rings. The van der Waals surface area contributed by atoms with Crippen molar-refractivity contribution in [2.24, 2.45) is 0 Å². The van der Waals surface area contributed by atoms with Gasteiger partial charge in [-0.2, -0.15) is 5.26 Å². The first-order valence-corrected chi connectivity index (χ1v) is 15.2. The van der Waals surface area contributed by atoms with E-state index < -0.39 is 0 Å². The van der Waals surface area contributed by atoms with Gasteiger partial charge in [0.25, 0.3) is 5.91 Å². The number of nitrogens with zero attached hydrogens (tertiary/aromatic N) is 2. The number of amides is 1. The first kappa shape index (κ1) is 29.8. The van der Waals surface area contributed by atoms with E-state index in [0.29, 0.717) is 18.7 Å². The van der Waals surface area contributed by atoms with Crippen LogP contribution in [0, 0.1) is 11.3 Å². The van der Waals surface area contributed by atoms with Crippen LogP contribution in [-0.2, 0) is 0 Å². The molecule has 0 spiro atoms. The van der Waals surface area contributed by atoms with E-state index in [1.54, 1.807) is 0 Å². The van der Waals surface area contributed by atoms with Crippen LogP contribution in [0.1, 0.15) is 60.6 Å². The molecule has 1 saturated heterocycles. The summed E-state index contributed by atoms with van der Waals surface area (Å²) in [5.41, 5.74) is 5.68. The topological polar surface area (TPSA) is 56.1 Å². The lowest BCUT2D eigenvalue weighted by molar-refractivity contribution is 0.0703. The van der Waals surface area contributed by atoms with Gasteiger partial charge < -0.3 is 10.2 Å². The predicted molar refractivity (Wildman–Crippen MR) is 178 cm³/mol. The number of carbonyl (C=O) groups excluding carboxylic acids is 1. The standard InChI is InChI=1S/C39H39N3O/c1-3-5-6-8-14-29(4-2)38(41-34-23-25-42(26-24-34)39(43)31-16-9-7-10-17-31)32-21-22-33(28-40)37(27-32)36-20-13-18-30-15-11-12-19-35(30)36/h4-22,27,34,38,41H,3,23-26H2,1-2H3/b6-5+,14-8-,29-4+. The van der Waals surface area contributed by atoms with Gasteiger partial charge in [-0.25, -0.2) is 0 Å². The van der Waals surface area contributed by atoms with Gasteiger partial charge in [0.05, 0.1) is 17.7 Å². The summed E-state index contributed by atoms with van der Waals surface area (Å²) in [4.78, 5) is 15.0. The van der Waals surface area contributed by atoms with Gasteiger partial charge in [-0.3, -0.25) is 4.79 Å². The molecule has 0 aliphatic carbocycles. The number of allylic oxidation sites excluding steroid dienone is 4. The minimum atomic E-state index is -0.0703. The molecular weight excluding hydrogens is 526 g/mol. The van der Waals surface area contributed by atoms with Crippen LogP contribution < -0.4 is 5.32 Å². The first-order chi connectivity index (χ1) is 21.1. The molecule has 43 heavy (non-hydrogen) atoms. The molecule has 0 saturated carbocycles. The van der Waals surface area contributed by atoms with Gasteiger partial charge in [0.2, 0.25) is 0 Å². The molecule has 1 atom stereocenters. The Balaban J connectivity index is 1.46. The molecule has 4 aromatic rings. The number of benzene rings is 4. The van der Waals surface area contributed by atoms with Gasteiger partial charge in [-0.05, 0) is 77.9 Å². The lowest BCUT2D eigenvalue weighted by Crippen LogP contribution is -2.46. The highest BCUT2D eigenvalue weighted by Gasteiger charge is 2.27. The fourth-order valence-corrected chi connectivity index (χ4v) is 5.90. The fourth-order valence-electron chi connectivity index (χ4n) is 5.90. The van der Waals surface area contributed by atoms with E-state index in [1.165, 1.54) is 0 Å². The minimum Gasteiger partial charge on any atom is -0.339 e. The Kier molecular flexibility index (Phi) is 10.00. The van der Waals surface area contributed by atoms with E-state index in [-0.39, 0.29) is 18.0 Å². The quantitative estimate of drug-likeness (QED) is 0.206. The third kappa shape index (κ3) is 7.02. The maximum absolute atomic E-state index is 13.1. The molecule has 4 nitrogen and oxygen atoms in total. The summed E-state index contributed by atoms with van der Waals surface area (Å²) in [5, 5.41) is 16.3. The van der Waals surface area contributed by atoms with Crippen molar-refractivity contribution >= 4 is 16.7 Å². The zero-order valence-corrected chi connectivity index (χ0v) is 25.0. The smallest absolute Gasteiger partial charge is 0.253 e. The van der Waals surface area contributed by atoms with Crippen LogP contribution in [0.15, 0.2) is 127 Å². The fraction of sp³-hybridized carbons (Fsp3) is 0.231. The van der Waals surface area contributed by atoms with Gasteiger partial charge in [-0.15, -0.1) is 0 Å². The summed E-state index contributed by atoms with van der Waals surface area (Å²) < 4.78 is 0. The summed E-state index contributed by atoms with van der Waals surface area (Å²) in [6, 6.07) is 33.0. The van der Waals surface area contributed by atoms with Gasteiger partial charge in [-0.1, -0.05) is 104 Å². The number of carbonyl (C=O) groups is 1. The van der Waals surface area contributed by atoms with E-state index in [4.69, 9.17) is 0 Å². The third-order valence-corrected chi connectivity index (χ3v) is 8.22. The van der Waals surface area contributed by atoms with Crippen molar-refractivity contribution in [1.29, 1.82) is 5.26 Å². The number of nitriles is 1. The van der Waals surface area contributed by atoms with Crippen LogP contribution in [-0.4, -0.2) is 29.9 Å². The van der Waals surface area contributed by atoms with Crippen molar-refractivity contribution in [3.05, 3.63) is 144 Å². The van der Waals surface area contributed by atoms with E-state index in [9.17, 15) is 10.1 Å². The van der Waals surface area contributed by atoms with E-state index in [0.717, 1.165) is 57.9 Å². The Morgan fingerprint density at radius 2 is 1.70 bits per heavy atom. The monoisotopic (exact) mass is 565 g/mol. The van der Waals surface area contributed by atoms with Gasteiger partial charge >= 0.3 is 0 Å². The molecule has 5 rings (SSSR count). The molecular formula is C39H39N3O. The Morgan fingerprint density at radius 1 is 0.953 bits per heavy atom. The van der Waals surface area contributed by atoms with Crippen molar-refractivity contribution < 1.29 is 4.79 Å². The van der Waals surface area contributed by atoms with Crippen LogP contribution in [0.4, 0.5) is 0 Å². The molecule has 0 radical (unpaired) electrons. The summed E-state index contributed by atoms with van der Waals surface area (Å²) in [6.45, 7) is 5.64. The molecule has 0 aromatic heterocycles. The zero-order chi connectivity index (χ0) is 30.0. The van der Waals surface area contributed by atoms with Crippen molar-refractivity contribution in [2.75, 3.05) is 13.1 Å². The third-order valence-electron chi connectivity index (χ3n) is 8.22. The average Bonchev–Trinajstić information content (AvgIpc) is 3.07. The van der Waals surface area contributed by atoms with Gasteiger partial charge in [0.15, 0.2) is 0 Å². The molecule has 1 heterocycles. The molecule has 4 heteroatoms. The molecule has 1 unspecified atom stereocenters. The predicted octanol–water partition coefficient (Wildman–Crippen LogP) is 8.78. The second-order valence-corrected chi connectivity index (χ2v) is 11.0. The minimum absolute atomic E-state index is 0.0703. The van der Waals surface area contributed by atoms with E-state index in [2.05, 4.69) is 98.1 Å². The van der Waals surface area contributed by atoms with Crippen molar-refractivity contribution in [2.45, 2.75) is 45.2 Å². The van der Waals surface area contributed by atoms with Gasteiger partial charge in [0.1, 0.15) is 0 Å². The van der Waals surface area contributed by atoms with Crippen molar-refractivity contribution in [1.82, 2.24) is 10.2 Å². The second-order valence-electron chi connectivity index (χ2n) is 11.0. The first-order valence-electron chi connectivity index (χ1n) is 15.2. The largest absolute Gasteiger partial charge is 0.339 e. The number of hydrogen-bond acceptors (Lipinski definition) is 3. The molecule has 216 valence electrons. The highest BCUT2D eigenvalue weighted by molar-refractivity contribution is 5.98. The number of piperidine rings is 1. The van der Waals surface area contributed by atoms with Crippen molar-refractivity contribution in [3.8, 4) is 17.2 Å². The Bertz CT molecular complexity index is 1680. The van der Waals surface area contributed by atoms with E-state index >= 15 is 0 Å². The molecule has 0 bridgehead atoms. The lowest BCUT2D eigenvalue weighted by Gasteiger charge is -2.35. The van der Waals surface area contributed by atoms with E-state index in [1.807, 2.05) is 53.4 Å². The number of likely N-dealkylation sites (tertiary alicyclic amines) is 1. The summed E-state index contributed by atoms with van der Waals surface area (Å²) in [6.07, 6.45) is 13.4. The number of fused-ring (bicyclic) bond motifs is 1.